The monoisotopic (exact) mass is 273 g/mol. The van der Waals surface area contributed by atoms with Gasteiger partial charge in [0.15, 0.2) is 0 Å². The summed E-state index contributed by atoms with van der Waals surface area (Å²) in [6.07, 6.45) is 3.17. The fourth-order valence-corrected chi connectivity index (χ4v) is 4.01. The first kappa shape index (κ1) is 13.6. The van der Waals surface area contributed by atoms with E-state index in [0.717, 1.165) is 19.6 Å². The highest BCUT2D eigenvalue weighted by molar-refractivity contribution is 5.69. The number of ether oxygens (including phenoxy) is 1. The van der Waals surface area contributed by atoms with Crippen LogP contribution in [0.2, 0.25) is 0 Å². The number of piperidine rings is 1. The molecule has 108 valence electrons. The van der Waals surface area contributed by atoms with Crippen LogP contribution in [0.3, 0.4) is 0 Å². The molecule has 1 aliphatic heterocycles. The van der Waals surface area contributed by atoms with Crippen LogP contribution in [0.5, 0.6) is 0 Å². The van der Waals surface area contributed by atoms with Gasteiger partial charge >= 0.3 is 5.97 Å². The van der Waals surface area contributed by atoms with Crippen LogP contribution in [0, 0.1) is 17.8 Å². The van der Waals surface area contributed by atoms with Crippen LogP contribution in [0.4, 0.5) is 0 Å². The topological polar surface area (TPSA) is 29.5 Å². The van der Waals surface area contributed by atoms with Crippen molar-refractivity contribution in [3.63, 3.8) is 0 Å². The lowest BCUT2D eigenvalue weighted by Crippen LogP contribution is -2.42. The molecule has 3 nitrogen and oxygen atoms in total. The minimum Gasteiger partial charge on any atom is -0.469 e. The van der Waals surface area contributed by atoms with Crippen molar-refractivity contribution in [3.05, 3.63) is 35.9 Å². The molecule has 0 aromatic heterocycles. The highest BCUT2D eigenvalue weighted by atomic mass is 16.5. The summed E-state index contributed by atoms with van der Waals surface area (Å²) in [5, 5.41) is 0. The zero-order valence-electron chi connectivity index (χ0n) is 12.1. The highest BCUT2D eigenvalue weighted by Gasteiger charge is 2.42. The van der Waals surface area contributed by atoms with Gasteiger partial charge in [-0.05, 0) is 36.2 Å². The number of likely N-dealkylation sites (tertiary alicyclic amines) is 1. The number of carbonyl (C=O) groups is 1. The standard InChI is InChI=1S/C17H23NO2/c1-20-17(19)9-16-14-7-8-15(16)12-18(11-14)10-13-5-3-2-4-6-13/h2-6,14-16H,7-12H2,1H3. The molecule has 2 aliphatic rings. The molecule has 20 heavy (non-hydrogen) atoms. The number of hydrogen-bond donors (Lipinski definition) is 0. The van der Waals surface area contributed by atoms with Gasteiger partial charge in [-0.25, -0.2) is 0 Å². The molecule has 2 unspecified atom stereocenters. The van der Waals surface area contributed by atoms with E-state index in [-0.39, 0.29) is 5.97 Å². The summed E-state index contributed by atoms with van der Waals surface area (Å²) in [4.78, 5) is 14.1. The summed E-state index contributed by atoms with van der Waals surface area (Å²) in [5.41, 5.74) is 1.39. The number of carbonyl (C=O) groups excluding carboxylic acids is 1. The molecule has 0 radical (unpaired) electrons. The van der Waals surface area contributed by atoms with Crippen molar-refractivity contribution in [2.45, 2.75) is 25.8 Å². The van der Waals surface area contributed by atoms with Gasteiger partial charge in [-0.3, -0.25) is 9.69 Å². The van der Waals surface area contributed by atoms with E-state index in [9.17, 15) is 4.79 Å². The number of nitrogens with zero attached hydrogens (tertiary/aromatic N) is 1. The third kappa shape index (κ3) is 2.88. The molecular weight excluding hydrogens is 250 g/mol. The number of methoxy groups -OCH3 is 1. The van der Waals surface area contributed by atoms with E-state index in [0.29, 0.717) is 24.2 Å². The van der Waals surface area contributed by atoms with Crippen molar-refractivity contribution in [3.8, 4) is 0 Å². The number of rotatable bonds is 4. The number of benzene rings is 1. The van der Waals surface area contributed by atoms with Crippen LogP contribution in [-0.2, 0) is 16.1 Å². The smallest absolute Gasteiger partial charge is 0.305 e. The Labute approximate surface area is 120 Å². The molecule has 1 saturated heterocycles. The van der Waals surface area contributed by atoms with Crippen molar-refractivity contribution in [1.82, 2.24) is 4.90 Å². The lowest BCUT2D eigenvalue weighted by molar-refractivity contribution is -0.143. The first-order valence-electron chi connectivity index (χ1n) is 7.59. The Morgan fingerprint density at radius 3 is 2.45 bits per heavy atom. The molecule has 2 bridgehead atoms. The van der Waals surface area contributed by atoms with E-state index in [4.69, 9.17) is 4.74 Å². The molecule has 1 aromatic rings. The molecule has 1 heterocycles. The normalized spacial score (nSPS) is 29.4. The maximum absolute atomic E-state index is 11.5. The highest BCUT2D eigenvalue weighted by Crippen LogP contribution is 2.44. The third-order valence-corrected chi connectivity index (χ3v) is 4.98. The van der Waals surface area contributed by atoms with Crippen LogP contribution in [0.1, 0.15) is 24.8 Å². The Morgan fingerprint density at radius 1 is 1.20 bits per heavy atom. The van der Waals surface area contributed by atoms with Crippen LogP contribution in [0.15, 0.2) is 30.3 Å². The fraction of sp³-hybridized carbons (Fsp3) is 0.588. The summed E-state index contributed by atoms with van der Waals surface area (Å²) < 4.78 is 4.85. The van der Waals surface area contributed by atoms with Gasteiger partial charge in [-0.2, -0.15) is 0 Å². The maximum atomic E-state index is 11.5. The number of fused-ring (bicyclic) bond motifs is 2. The Balaban J connectivity index is 1.60. The van der Waals surface area contributed by atoms with E-state index < -0.39 is 0 Å². The molecule has 2 atom stereocenters. The SMILES string of the molecule is COC(=O)CC1C2CCC1CN(Cc1ccccc1)C2. The van der Waals surface area contributed by atoms with Gasteiger partial charge < -0.3 is 4.74 Å². The second-order valence-corrected chi connectivity index (χ2v) is 6.22. The van der Waals surface area contributed by atoms with Crippen LogP contribution >= 0.6 is 0 Å². The zero-order valence-corrected chi connectivity index (χ0v) is 12.1. The molecule has 0 N–H and O–H groups in total. The molecule has 2 fully saturated rings. The van der Waals surface area contributed by atoms with E-state index in [1.54, 1.807) is 0 Å². The van der Waals surface area contributed by atoms with Gasteiger partial charge in [0.25, 0.3) is 0 Å². The van der Waals surface area contributed by atoms with Crippen molar-refractivity contribution >= 4 is 5.97 Å². The Bertz CT molecular complexity index is 445. The second-order valence-electron chi connectivity index (χ2n) is 6.22. The molecule has 1 saturated carbocycles. The molecule has 3 heteroatoms. The Morgan fingerprint density at radius 2 is 1.85 bits per heavy atom. The lowest BCUT2D eigenvalue weighted by Gasteiger charge is -2.37. The minimum atomic E-state index is -0.0385. The lowest BCUT2D eigenvalue weighted by atomic mass is 9.82. The molecule has 0 amide bonds. The molecular formula is C17H23NO2. The van der Waals surface area contributed by atoms with Gasteiger partial charge in [0.2, 0.25) is 0 Å². The van der Waals surface area contributed by atoms with Crippen molar-refractivity contribution in [2.75, 3.05) is 20.2 Å². The van der Waals surface area contributed by atoms with E-state index >= 15 is 0 Å². The average Bonchev–Trinajstić information content (AvgIpc) is 2.71. The predicted octanol–water partition coefficient (Wildman–Crippen LogP) is 2.71. The van der Waals surface area contributed by atoms with Gasteiger partial charge in [0.05, 0.1) is 7.11 Å². The van der Waals surface area contributed by atoms with Gasteiger partial charge in [0.1, 0.15) is 0 Å². The molecule has 1 aromatic carbocycles. The summed E-state index contributed by atoms with van der Waals surface area (Å²) in [6, 6.07) is 10.7. The first-order valence-corrected chi connectivity index (χ1v) is 7.59. The van der Waals surface area contributed by atoms with Gasteiger partial charge in [-0.1, -0.05) is 30.3 Å². The van der Waals surface area contributed by atoms with Crippen LogP contribution in [0.25, 0.3) is 0 Å². The molecule has 1 aliphatic carbocycles. The van der Waals surface area contributed by atoms with E-state index in [2.05, 4.69) is 35.2 Å². The van der Waals surface area contributed by atoms with E-state index in [1.165, 1.54) is 25.5 Å². The summed E-state index contributed by atoms with van der Waals surface area (Å²) in [7, 11) is 1.49. The van der Waals surface area contributed by atoms with Gasteiger partial charge in [-0.15, -0.1) is 0 Å². The summed E-state index contributed by atoms with van der Waals surface area (Å²) in [5.74, 6) is 1.87. The largest absolute Gasteiger partial charge is 0.469 e. The van der Waals surface area contributed by atoms with Gasteiger partial charge in [0, 0.05) is 26.1 Å². The number of hydrogen-bond acceptors (Lipinski definition) is 3. The molecule has 0 spiro atoms. The van der Waals surface area contributed by atoms with Crippen molar-refractivity contribution < 1.29 is 9.53 Å². The third-order valence-electron chi connectivity index (χ3n) is 4.98. The quantitative estimate of drug-likeness (QED) is 0.790. The number of esters is 1. The van der Waals surface area contributed by atoms with Crippen LogP contribution in [-0.4, -0.2) is 31.1 Å². The van der Waals surface area contributed by atoms with Crippen molar-refractivity contribution in [1.29, 1.82) is 0 Å². The fourth-order valence-electron chi connectivity index (χ4n) is 4.01. The first-order chi connectivity index (χ1) is 9.76. The second kappa shape index (κ2) is 5.96. The molecule has 3 rings (SSSR count). The minimum absolute atomic E-state index is 0.0385. The van der Waals surface area contributed by atoms with E-state index in [1.807, 2.05) is 0 Å². The zero-order chi connectivity index (χ0) is 13.9. The maximum Gasteiger partial charge on any atom is 0.305 e. The summed E-state index contributed by atoms with van der Waals surface area (Å²) in [6.45, 7) is 3.30. The van der Waals surface area contributed by atoms with Crippen molar-refractivity contribution in [2.24, 2.45) is 17.8 Å². The Hall–Kier alpha value is -1.35. The average molecular weight is 273 g/mol. The Kier molecular flexibility index (Phi) is 4.06. The van der Waals surface area contributed by atoms with Crippen LogP contribution < -0.4 is 0 Å². The summed E-state index contributed by atoms with van der Waals surface area (Å²) >= 11 is 0. The predicted molar refractivity (Wildman–Crippen MR) is 78.1 cm³/mol.